The van der Waals surface area contributed by atoms with Crippen molar-refractivity contribution in [1.82, 2.24) is 4.90 Å². The molecule has 8 heteroatoms. The molecule has 1 aliphatic rings. The van der Waals surface area contributed by atoms with E-state index in [0.29, 0.717) is 31.0 Å². The van der Waals surface area contributed by atoms with E-state index in [2.05, 4.69) is 5.32 Å². The van der Waals surface area contributed by atoms with Gasteiger partial charge in [-0.1, -0.05) is 12.1 Å². The van der Waals surface area contributed by atoms with Gasteiger partial charge in [-0.15, -0.1) is 0 Å². The zero-order chi connectivity index (χ0) is 20.3. The summed E-state index contributed by atoms with van der Waals surface area (Å²) in [7, 11) is 3.10. The van der Waals surface area contributed by atoms with Gasteiger partial charge in [-0.3, -0.25) is 4.79 Å². The van der Waals surface area contributed by atoms with E-state index in [1.165, 1.54) is 25.3 Å². The molecule has 0 spiro atoms. The fourth-order valence-corrected chi connectivity index (χ4v) is 3.26. The minimum absolute atomic E-state index is 0.104. The molecule has 2 aromatic carbocycles. The summed E-state index contributed by atoms with van der Waals surface area (Å²) in [6.07, 6.45) is -3.84. The van der Waals surface area contributed by atoms with E-state index in [1.54, 1.807) is 12.0 Å². The van der Waals surface area contributed by atoms with Crippen LogP contribution in [0.25, 0.3) is 0 Å². The number of hydrogen-bond acceptors (Lipinski definition) is 4. The Hall–Kier alpha value is -2.90. The molecule has 0 aliphatic carbocycles. The predicted octanol–water partition coefficient (Wildman–Crippen LogP) is 3.72. The largest absolute Gasteiger partial charge is 0.493 e. The number of fused-ring (bicyclic) bond motifs is 1. The highest BCUT2D eigenvalue weighted by Gasteiger charge is 2.33. The van der Waals surface area contributed by atoms with Crippen LogP contribution < -0.4 is 14.8 Å². The number of hydrogen-bond donors (Lipinski definition) is 1. The highest BCUT2D eigenvalue weighted by molar-refractivity contribution is 5.81. The summed E-state index contributed by atoms with van der Waals surface area (Å²) in [5.41, 5.74) is 1.11. The van der Waals surface area contributed by atoms with Crippen molar-refractivity contribution >= 4 is 11.6 Å². The molecule has 1 heterocycles. The van der Waals surface area contributed by atoms with Crippen LogP contribution >= 0.6 is 0 Å². The molecule has 0 saturated carbocycles. The number of alkyl halides is 3. The summed E-state index contributed by atoms with van der Waals surface area (Å²) in [6.45, 7) is 0.650. The maximum atomic E-state index is 13.1. The van der Waals surface area contributed by atoms with Gasteiger partial charge in [0, 0.05) is 18.8 Å². The van der Waals surface area contributed by atoms with Gasteiger partial charge in [0.15, 0.2) is 11.5 Å². The number of halogens is 3. The Morgan fingerprint density at radius 3 is 2.39 bits per heavy atom. The smallest absolute Gasteiger partial charge is 0.418 e. The molecule has 3 rings (SSSR count). The Kier molecular flexibility index (Phi) is 5.67. The SMILES string of the molecule is COc1cc2c(cc1OC)CN(C(=O)CNc1ccccc1C(F)(F)F)CC2. The van der Waals surface area contributed by atoms with Crippen molar-refractivity contribution in [2.24, 2.45) is 0 Å². The lowest BCUT2D eigenvalue weighted by Gasteiger charge is -2.30. The predicted molar refractivity (Wildman–Crippen MR) is 98.6 cm³/mol. The molecule has 5 nitrogen and oxygen atoms in total. The average Bonchev–Trinajstić information content (AvgIpc) is 2.69. The number of carbonyl (C=O) groups excluding carboxylic acids is 1. The third-order valence-electron chi connectivity index (χ3n) is 4.73. The van der Waals surface area contributed by atoms with Gasteiger partial charge in [0.05, 0.1) is 26.3 Å². The van der Waals surface area contributed by atoms with Crippen LogP contribution in [0.5, 0.6) is 11.5 Å². The van der Waals surface area contributed by atoms with Crippen molar-refractivity contribution in [2.45, 2.75) is 19.1 Å². The van der Waals surface area contributed by atoms with Crippen LogP contribution in [0, 0.1) is 0 Å². The number of ether oxygens (including phenoxy) is 2. The van der Waals surface area contributed by atoms with E-state index in [4.69, 9.17) is 9.47 Å². The molecule has 0 atom stereocenters. The number of para-hydroxylation sites is 1. The third-order valence-corrected chi connectivity index (χ3v) is 4.73. The summed E-state index contributed by atoms with van der Waals surface area (Å²) in [5, 5.41) is 2.63. The first kappa shape index (κ1) is 19.9. The second-order valence-electron chi connectivity index (χ2n) is 6.44. The number of nitrogens with one attached hydrogen (secondary N) is 1. The highest BCUT2D eigenvalue weighted by atomic mass is 19.4. The molecule has 1 N–H and O–H groups in total. The summed E-state index contributed by atoms with van der Waals surface area (Å²) in [4.78, 5) is 14.2. The average molecular weight is 394 g/mol. The molecule has 2 aromatic rings. The van der Waals surface area contributed by atoms with E-state index >= 15 is 0 Å². The molecule has 0 saturated heterocycles. The Labute approximate surface area is 161 Å². The monoisotopic (exact) mass is 394 g/mol. The summed E-state index contributed by atoms with van der Waals surface area (Å²) >= 11 is 0. The van der Waals surface area contributed by atoms with Crippen molar-refractivity contribution < 1.29 is 27.4 Å². The lowest BCUT2D eigenvalue weighted by atomic mass is 9.98. The Morgan fingerprint density at radius 1 is 1.11 bits per heavy atom. The Morgan fingerprint density at radius 2 is 1.75 bits per heavy atom. The molecule has 0 fully saturated rings. The number of methoxy groups -OCH3 is 2. The van der Waals surface area contributed by atoms with E-state index < -0.39 is 11.7 Å². The Balaban J connectivity index is 1.69. The summed E-state index contributed by atoms with van der Waals surface area (Å²) < 4.78 is 49.8. The van der Waals surface area contributed by atoms with Gasteiger partial charge in [-0.2, -0.15) is 13.2 Å². The zero-order valence-electron chi connectivity index (χ0n) is 15.6. The second kappa shape index (κ2) is 8.00. The molecule has 0 aromatic heterocycles. The van der Waals surface area contributed by atoms with Gasteiger partial charge in [-0.25, -0.2) is 0 Å². The van der Waals surface area contributed by atoms with Gasteiger partial charge in [0.1, 0.15) is 0 Å². The van der Waals surface area contributed by atoms with E-state index in [-0.39, 0.29) is 18.1 Å². The minimum Gasteiger partial charge on any atom is -0.493 e. The van der Waals surface area contributed by atoms with Crippen molar-refractivity contribution in [2.75, 3.05) is 32.6 Å². The topological polar surface area (TPSA) is 50.8 Å². The van der Waals surface area contributed by atoms with Crippen LogP contribution in [-0.2, 0) is 23.9 Å². The first-order valence-electron chi connectivity index (χ1n) is 8.75. The van der Waals surface area contributed by atoms with Crippen molar-refractivity contribution in [1.29, 1.82) is 0 Å². The number of anilines is 1. The summed E-state index contributed by atoms with van der Waals surface area (Å²) in [6, 6.07) is 8.86. The van der Waals surface area contributed by atoms with E-state index in [1.807, 2.05) is 12.1 Å². The molecular formula is C20H21F3N2O3. The third kappa shape index (κ3) is 4.16. The normalized spacial score (nSPS) is 13.7. The quantitative estimate of drug-likeness (QED) is 0.840. The lowest BCUT2D eigenvalue weighted by Crippen LogP contribution is -2.39. The zero-order valence-corrected chi connectivity index (χ0v) is 15.6. The molecular weight excluding hydrogens is 373 g/mol. The molecule has 0 unspecified atom stereocenters. The van der Waals surface area contributed by atoms with Crippen molar-refractivity contribution in [3.05, 3.63) is 53.1 Å². The van der Waals surface area contributed by atoms with Crippen molar-refractivity contribution in [3.8, 4) is 11.5 Å². The van der Waals surface area contributed by atoms with Gasteiger partial charge in [-0.05, 0) is 41.8 Å². The fraction of sp³-hybridized carbons (Fsp3) is 0.350. The van der Waals surface area contributed by atoms with Crippen LogP contribution in [0.15, 0.2) is 36.4 Å². The van der Waals surface area contributed by atoms with Crippen LogP contribution in [0.2, 0.25) is 0 Å². The molecule has 28 heavy (non-hydrogen) atoms. The lowest BCUT2D eigenvalue weighted by molar-refractivity contribution is -0.137. The number of benzene rings is 2. The van der Waals surface area contributed by atoms with Crippen LogP contribution in [0.3, 0.4) is 0 Å². The Bertz CT molecular complexity index is 868. The number of amides is 1. The highest BCUT2D eigenvalue weighted by Crippen LogP contribution is 2.35. The molecule has 0 bridgehead atoms. The first-order chi connectivity index (χ1) is 13.3. The molecule has 1 aliphatic heterocycles. The molecule has 150 valence electrons. The van der Waals surface area contributed by atoms with E-state index in [9.17, 15) is 18.0 Å². The van der Waals surface area contributed by atoms with E-state index in [0.717, 1.165) is 17.2 Å². The van der Waals surface area contributed by atoms with Gasteiger partial charge < -0.3 is 19.7 Å². The van der Waals surface area contributed by atoms with Crippen LogP contribution in [0.1, 0.15) is 16.7 Å². The standard InChI is InChI=1S/C20H21F3N2O3/c1-27-17-9-13-7-8-25(12-14(13)10-18(17)28-2)19(26)11-24-16-6-4-3-5-15(16)20(21,22)23/h3-6,9-10,24H,7-8,11-12H2,1-2H3. The van der Waals surface area contributed by atoms with Crippen molar-refractivity contribution in [3.63, 3.8) is 0 Å². The summed E-state index contributed by atoms with van der Waals surface area (Å²) in [5.74, 6) is 0.941. The van der Waals surface area contributed by atoms with Gasteiger partial charge in [0.2, 0.25) is 5.91 Å². The van der Waals surface area contributed by atoms with Gasteiger partial charge >= 0.3 is 6.18 Å². The van der Waals surface area contributed by atoms with Crippen LogP contribution in [-0.4, -0.2) is 38.1 Å². The minimum atomic E-state index is -4.48. The van der Waals surface area contributed by atoms with Gasteiger partial charge in [0.25, 0.3) is 0 Å². The first-order valence-corrected chi connectivity index (χ1v) is 8.75. The molecule has 0 radical (unpaired) electrons. The fourth-order valence-electron chi connectivity index (χ4n) is 3.26. The number of carbonyl (C=O) groups is 1. The molecule has 1 amide bonds. The number of rotatable bonds is 5. The second-order valence-corrected chi connectivity index (χ2v) is 6.44. The van der Waals surface area contributed by atoms with Crippen LogP contribution in [0.4, 0.5) is 18.9 Å². The maximum Gasteiger partial charge on any atom is 0.418 e. The number of nitrogens with zero attached hydrogens (tertiary/aromatic N) is 1. The maximum absolute atomic E-state index is 13.1.